The Morgan fingerprint density at radius 2 is 2.19 bits per heavy atom. The minimum atomic E-state index is -0.682. The third-order valence-electron chi connectivity index (χ3n) is 3.39. The van der Waals surface area contributed by atoms with Gasteiger partial charge in [-0.25, -0.2) is 4.39 Å². The number of hydrogen-bond donors (Lipinski definition) is 1. The molecule has 0 saturated heterocycles. The van der Waals surface area contributed by atoms with Gasteiger partial charge in [0.05, 0.1) is 16.7 Å². The molecule has 0 atom stereocenters. The number of halogens is 1. The van der Waals surface area contributed by atoms with E-state index in [0.717, 1.165) is 17.3 Å². The van der Waals surface area contributed by atoms with E-state index in [4.69, 9.17) is 5.26 Å². The van der Waals surface area contributed by atoms with Crippen LogP contribution in [-0.2, 0) is 13.6 Å². The van der Waals surface area contributed by atoms with Crippen molar-refractivity contribution in [1.29, 1.82) is 5.26 Å². The Morgan fingerprint density at radius 3 is 2.71 bits per heavy atom. The van der Waals surface area contributed by atoms with Crippen molar-refractivity contribution in [2.24, 2.45) is 7.05 Å². The second-order valence-corrected chi connectivity index (χ2v) is 4.59. The van der Waals surface area contributed by atoms with Gasteiger partial charge in [-0.3, -0.25) is 10.1 Å². The minimum Gasteiger partial charge on any atom is -0.379 e. The zero-order valence-electron chi connectivity index (χ0n) is 11.6. The first-order valence-electron chi connectivity index (χ1n) is 6.17. The topological polar surface area (TPSA) is 83.9 Å². The molecule has 1 aromatic carbocycles. The summed E-state index contributed by atoms with van der Waals surface area (Å²) in [6, 6.07) is 7.25. The van der Waals surface area contributed by atoms with Crippen LogP contribution in [0.4, 0.5) is 15.8 Å². The number of non-ortho nitro benzene ring substituents is 1. The van der Waals surface area contributed by atoms with Crippen LogP contribution in [0.3, 0.4) is 0 Å². The van der Waals surface area contributed by atoms with Gasteiger partial charge in [0.1, 0.15) is 11.8 Å². The highest BCUT2D eigenvalue weighted by Crippen LogP contribution is 2.22. The van der Waals surface area contributed by atoms with Gasteiger partial charge in [-0.05, 0) is 24.6 Å². The molecule has 1 N–H and O–H groups in total. The Hall–Kier alpha value is -2.88. The monoisotopic (exact) mass is 288 g/mol. The third-order valence-corrected chi connectivity index (χ3v) is 3.39. The molecule has 0 aliphatic rings. The van der Waals surface area contributed by atoms with Crippen LogP contribution >= 0.6 is 0 Å². The molecule has 7 heteroatoms. The van der Waals surface area contributed by atoms with E-state index in [2.05, 4.69) is 11.4 Å². The fourth-order valence-electron chi connectivity index (χ4n) is 2.00. The van der Waals surface area contributed by atoms with Crippen LogP contribution in [0.25, 0.3) is 0 Å². The maximum absolute atomic E-state index is 13.7. The van der Waals surface area contributed by atoms with Gasteiger partial charge < -0.3 is 9.88 Å². The molecule has 0 aliphatic heterocycles. The maximum atomic E-state index is 13.7. The van der Waals surface area contributed by atoms with Crippen LogP contribution in [0.2, 0.25) is 0 Å². The highest BCUT2D eigenvalue weighted by Gasteiger charge is 2.12. The van der Waals surface area contributed by atoms with Crippen LogP contribution in [0.15, 0.2) is 24.3 Å². The second kappa shape index (κ2) is 5.63. The molecule has 0 amide bonds. The predicted molar refractivity (Wildman–Crippen MR) is 75.2 cm³/mol. The highest BCUT2D eigenvalue weighted by atomic mass is 19.1. The SMILES string of the molecule is Cc1c(CNc2ccc([N+](=O)[O-])cc2F)cc(C#N)n1C. The molecule has 0 radical (unpaired) electrons. The van der Waals surface area contributed by atoms with E-state index < -0.39 is 10.7 Å². The summed E-state index contributed by atoms with van der Waals surface area (Å²) >= 11 is 0. The summed E-state index contributed by atoms with van der Waals surface area (Å²) in [6.45, 7) is 2.19. The summed E-state index contributed by atoms with van der Waals surface area (Å²) in [5.74, 6) is -0.682. The van der Waals surface area contributed by atoms with Crippen molar-refractivity contribution < 1.29 is 9.31 Å². The summed E-state index contributed by atoms with van der Waals surface area (Å²) in [6.07, 6.45) is 0. The van der Waals surface area contributed by atoms with Gasteiger partial charge in [0.2, 0.25) is 0 Å². The molecule has 1 heterocycles. The van der Waals surface area contributed by atoms with Crippen molar-refractivity contribution >= 4 is 11.4 Å². The van der Waals surface area contributed by atoms with Gasteiger partial charge in [-0.15, -0.1) is 0 Å². The van der Waals surface area contributed by atoms with Gasteiger partial charge in [0, 0.05) is 25.4 Å². The lowest BCUT2D eigenvalue weighted by atomic mass is 10.2. The fraction of sp³-hybridized carbons (Fsp3) is 0.214. The molecule has 2 aromatic rings. The van der Waals surface area contributed by atoms with Crippen LogP contribution in [0.5, 0.6) is 0 Å². The Bertz CT molecular complexity index is 746. The number of nitriles is 1. The zero-order valence-corrected chi connectivity index (χ0v) is 11.6. The number of nitro benzene ring substituents is 1. The molecule has 0 spiro atoms. The average molecular weight is 288 g/mol. The van der Waals surface area contributed by atoms with E-state index in [-0.39, 0.29) is 11.4 Å². The number of nitro groups is 1. The summed E-state index contributed by atoms with van der Waals surface area (Å²) < 4.78 is 15.5. The molecule has 0 aliphatic carbocycles. The van der Waals surface area contributed by atoms with Crippen molar-refractivity contribution in [3.63, 3.8) is 0 Å². The molecular formula is C14H13FN4O2. The largest absolute Gasteiger partial charge is 0.379 e. The van der Waals surface area contributed by atoms with Gasteiger partial charge >= 0.3 is 0 Å². The summed E-state index contributed by atoms with van der Waals surface area (Å²) in [5.41, 5.74) is 2.18. The van der Waals surface area contributed by atoms with Crippen LogP contribution in [0.1, 0.15) is 17.0 Å². The Labute approximate surface area is 120 Å². The molecule has 0 fully saturated rings. The number of nitrogens with zero attached hydrogens (tertiary/aromatic N) is 3. The van der Waals surface area contributed by atoms with E-state index in [1.807, 2.05) is 6.92 Å². The first-order chi connectivity index (χ1) is 9.93. The predicted octanol–water partition coefficient (Wildman–Crippen LogP) is 2.86. The van der Waals surface area contributed by atoms with Gasteiger partial charge in [0.25, 0.3) is 5.69 Å². The molecule has 108 valence electrons. The molecule has 6 nitrogen and oxygen atoms in total. The van der Waals surface area contributed by atoms with Crippen molar-refractivity contribution in [2.75, 3.05) is 5.32 Å². The Kier molecular flexibility index (Phi) is 3.89. The lowest BCUT2D eigenvalue weighted by Gasteiger charge is -2.07. The second-order valence-electron chi connectivity index (χ2n) is 4.59. The molecule has 1 aromatic heterocycles. The minimum absolute atomic E-state index is 0.183. The van der Waals surface area contributed by atoms with Crippen molar-refractivity contribution in [2.45, 2.75) is 13.5 Å². The molecule has 0 saturated carbocycles. The number of hydrogen-bond acceptors (Lipinski definition) is 4. The normalized spacial score (nSPS) is 10.2. The van der Waals surface area contributed by atoms with Crippen LogP contribution < -0.4 is 5.32 Å². The molecule has 2 rings (SSSR count). The highest BCUT2D eigenvalue weighted by molar-refractivity contribution is 5.51. The van der Waals surface area contributed by atoms with Crippen molar-refractivity contribution in [1.82, 2.24) is 4.57 Å². The molecule has 0 bridgehead atoms. The number of nitrogens with one attached hydrogen (secondary N) is 1. The van der Waals surface area contributed by atoms with Gasteiger partial charge in [-0.1, -0.05) is 0 Å². The zero-order chi connectivity index (χ0) is 15.6. The van der Waals surface area contributed by atoms with E-state index in [1.165, 1.54) is 12.1 Å². The van der Waals surface area contributed by atoms with E-state index in [1.54, 1.807) is 17.7 Å². The number of benzene rings is 1. The quantitative estimate of drug-likeness (QED) is 0.692. The summed E-state index contributed by atoms with van der Waals surface area (Å²) in [5, 5.41) is 22.4. The van der Waals surface area contributed by atoms with Crippen LogP contribution in [0, 0.1) is 34.2 Å². The number of anilines is 1. The van der Waals surface area contributed by atoms with Gasteiger partial charge in [-0.2, -0.15) is 5.26 Å². The van der Waals surface area contributed by atoms with E-state index in [9.17, 15) is 14.5 Å². The Balaban J connectivity index is 2.17. The third kappa shape index (κ3) is 2.84. The molecular weight excluding hydrogens is 275 g/mol. The molecule has 21 heavy (non-hydrogen) atoms. The van der Waals surface area contributed by atoms with Crippen molar-refractivity contribution in [3.8, 4) is 6.07 Å². The lowest BCUT2D eigenvalue weighted by molar-refractivity contribution is -0.385. The summed E-state index contributed by atoms with van der Waals surface area (Å²) in [7, 11) is 1.78. The maximum Gasteiger partial charge on any atom is 0.272 e. The van der Waals surface area contributed by atoms with E-state index >= 15 is 0 Å². The van der Waals surface area contributed by atoms with Crippen LogP contribution in [-0.4, -0.2) is 9.49 Å². The van der Waals surface area contributed by atoms with Gasteiger partial charge in [0.15, 0.2) is 5.82 Å². The fourth-order valence-corrected chi connectivity index (χ4v) is 2.00. The first-order valence-corrected chi connectivity index (χ1v) is 6.17. The smallest absolute Gasteiger partial charge is 0.272 e. The number of rotatable bonds is 4. The standard InChI is InChI=1S/C14H13FN4O2/c1-9-10(5-12(7-16)18(9)2)8-17-14-4-3-11(19(20)21)6-13(14)15/h3-6,17H,8H2,1-2H3. The first kappa shape index (κ1) is 14.5. The van der Waals surface area contributed by atoms with E-state index in [0.29, 0.717) is 12.2 Å². The molecule has 0 unspecified atom stereocenters. The lowest BCUT2D eigenvalue weighted by Crippen LogP contribution is -2.03. The Morgan fingerprint density at radius 1 is 1.48 bits per heavy atom. The summed E-state index contributed by atoms with van der Waals surface area (Å²) in [4.78, 5) is 9.90. The number of aromatic nitrogens is 1. The average Bonchev–Trinajstić information content (AvgIpc) is 2.73. The van der Waals surface area contributed by atoms with Crippen molar-refractivity contribution in [3.05, 3.63) is 57.1 Å².